The second-order valence-electron chi connectivity index (χ2n) is 5.75. The summed E-state index contributed by atoms with van der Waals surface area (Å²) in [7, 11) is 1.37. The number of nitrogens with zero attached hydrogens (tertiary/aromatic N) is 1. The van der Waals surface area contributed by atoms with Crippen molar-refractivity contribution in [3.8, 4) is 0 Å². The fourth-order valence-corrected chi connectivity index (χ4v) is 3.10. The van der Waals surface area contributed by atoms with E-state index < -0.39 is 0 Å². The van der Waals surface area contributed by atoms with Crippen molar-refractivity contribution in [2.24, 2.45) is 5.92 Å². The van der Waals surface area contributed by atoms with E-state index in [1.807, 2.05) is 4.90 Å². The molecule has 1 amide bonds. The average Bonchev–Trinajstić information content (AvgIpc) is 2.75. The molecular formula is C15H25NO4. The molecular weight excluding hydrogens is 258 g/mol. The van der Waals surface area contributed by atoms with E-state index in [2.05, 4.69) is 4.74 Å². The SMILES string of the molecule is COC(=O)CC1CN(C(=O)C2CCCCCC2)CCO1. The molecule has 0 aromatic carbocycles. The van der Waals surface area contributed by atoms with Crippen LogP contribution in [0.25, 0.3) is 0 Å². The highest BCUT2D eigenvalue weighted by molar-refractivity contribution is 5.79. The van der Waals surface area contributed by atoms with Crippen LogP contribution in [0.1, 0.15) is 44.9 Å². The van der Waals surface area contributed by atoms with Gasteiger partial charge in [0, 0.05) is 19.0 Å². The van der Waals surface area contributed by atoms with E-state index in [-0.39, 0.29) is 30.3 Å². The van der Waals surface area contributed by atoms with Crippen molar-refractivity contribution < 1.29 is 19.1 Å². The van der Waals surface area contributed by atoms with Crippen LogP contribution in [0.3, 0.4) is 0 Å². The summed E-state index contributed by atoms with van der Waals surface area (Å²) in [5.74, 6) is 0.151. The highest BCUT2D eigenvalue weighted by Crippen LogP contribution is 2.25. The van der Waals surface area contributed by atoms with Gasteiger partial charge in [-0.1, -0.05) is 25.7 Å². The molecule has 1 atom stereocenters. The van der Waals surface area contributed by atoms with Gasteiger partial charge in [-0.15, -0.1) is 0 Å². The Hall–Kier alpha value is -1.10. The Labute approximate surface area is 120 Å². The van der Waals surface area contributed by atoms with Gasteiger partial charge in [-0.2, -0.15) is 0 Å². The number of hydrogen-bond donors (Lipinski definition) is 0. The van der Waals surface area contributed by atoms with Gasteiger partial charge in [0.15, 0.2) is 0 Å². The van der Waals surface area contributed by atoms with Crippen molar-refractivity contribution in [3.05, 3.63) is 0 Å². The van der Waals surface area contributed by atoms with Gasteiger partial charge in [0.1, 0.15) is 0 Å². The molecule has 1 aliphatic heterocycles. The Bertz CT molecular complexity index is 337. The maximum Gasteiger partial charge on any atom is 0.308 e. The molecule has 0 spiro atoms. The Morgan fingerprint density at radius 2 is 1.90 bits per heavy atom. The number of rotatable bonds is 3. The molecule has 1 saturated heterocycles. The van der Waals surface area contributed by atoms with Gasteiger partial charge >= 0.3 is 5.97 Å². The smallest absolute Gasteiger partial charge is 0.308 e. The number of carbonyl (C=O) groups is 2. The Kier molecular flexibility index (Phi) is 5.83. The zero-order valence-electron chi connectivity index (χ0n) is 12.3. The molecule has 5 nitrogen and oxygen atoms in total. The second kappa shape index (κ2) is 7.62. The predicted molar refractivity (Wildman–Crippen MR) is 74.1 cm³/mol. The molecule has 0 bridgehead atoms. The van der Waals surface area contributed by atoms with Crippen molar-refractivity contribution in [3.63, 3.8) is 0 Å². The molecule has 114 valence electrons. The molecule has 2 rings (SSSR count). The van der Waals surface area contributed by atoms with Crippen LogP contribution in [-0.4, -0.2) is 49.7 Å². The van der Waals surface area contributed by atoms with E-state index >= 15 is 0 Å². The number of ether oxygens (including phenoxy) is 2. The summed E-state index contributed by atoms with van der Waals surface area (Å²) in [5, 5.41) is 0. The fourth-order valence-electron chi connectivity index (χ4n) is 3.10. The number of hydrogen-bond acceptors (Lipinski definition) is 4. The summed E-state index contributed by atoms with van der Waals surface area (Å²) < 4.78 is 10.2. The molecule has 0 aromatic heterocycles. The number of esters is 1. The zero-order valence-corrected chi connectivity index (χ0v) is 12.3. The Balaban J connectivity index is 1.87. The summed E-state index contributed by atoms with van der Waals surface area (Å²) >= 11 is 0. The summed E-state index contributed by atoms with van der Waals surface area (Å²) in [6.07, 6.45) is 6.85. The number of morpholine rings is 1. The average molecular weight is 283 g/mol. The van der Waals surface area contributed by atoms with Crippen LogP contribution in [0.15, 0.2) is 0 Å². The van der Waals surface area contributed by atoms with E-state index in [0.717, 1.165) is 25.7 Å². The van der Waals surface area contributed by atoms with Crippen LogP contribution in [-0.2, 0) is 19.1 Å². The number of carbonyl (C=O) groups excluding carboxylic acids is 2. The number of methoxy groups -OCH3 is 1. The summed E-state index contributed by atoms with van der Waals surface area (Å²) in [6.45, 7) is 1.68. The Morgan fingerprint density at radius 1 is 1.20 bits per heavy atom. The van der Waals surface area contributed by atoms with Crippen LogP contribution >= 0.6 is 0 Å². The van der Waals surface area contributed by atoms with Gasteiger partial charge < -0.3 is 14.4 Å². The molecule has 0 N–H and O–H groups in total. The van der Waals surface area contributed by atoms with E-state index in [1.165, 1.54) is 20.0 Å². The molecule has 1 heterocycles. The van der Waals surface area contributed by atoms with Crippen molar-refractivity contribution >= 4 is 11.9 Å². The maximum atomic E-state index is 12.6. The maximum absolute atomic E-state index is 12.6. The molecule has 0 aromatic rings. The molecule has 1 saturated carbocycles. The van der Waals surface area contributed by atoms with Crippen molar-refractivity contribution in [2.45, 2.75) is 51.0 Å². The highest BCUT2D eigenvalue weighted by Gasteiger charge is 2.30. The zero-order chi connectivity index (χ0) is 14.4. The van der Waals surface area contributed by atoms with Gasteiger partial charge in [-0.25, -0.2) is 0 Å². The lowest BCUT2D eigenvalue weighted by molar-refractivity contribution is -0.151. The topological polar surface area (TPSA) is 55.8 Å². The summed E-state index contributed by atoms with van der Waals surface area (Å²) in [5.41, 5.74) is 0. The number of amides is 1. The highest BCUT2D eigenvalue weighted by atomic mass is 16.5. The molecule has 5 heteroatoms. The molecule has 20 heavy (non-hydrogen) atoms. The van der Waals surface area contributed by atoms with Gasteiger partial charge in [0.2, 0.25) is 5.91 Å². The second-order valence-corrected chi connectivity index (χ2v) is 5.75. The molecule has 2 fully saturated rings. The lowest BCUT2D eigenvalue weighted by atomic mass is 9.98. The first kappa shape index (κ1) is 15.3. The van der Waals surface area contributed by atoms with Crippen LogP contribution in [0, 0.1) is 5.92 Å². The molecule has 1 unspecified atom stereocenters. The van der Waals surface area contributed by atoms with Gasteiger partial charge in [-0.3, -0.25) is 9.59 Å². The van der Waals surface area contributed by atoms with E-state index in [1.54, 1.807) is 0 Å². The molecule has 2 aliphatic rings. The van der Waals surface area contributed by atoms with Crippen LogP contribution in [0.5, 0.6) is 0 Å². The monoisotopic (exact) mass is 283 g/mol. The third-order valence-corrected chi connectivity index (χ3v) is 4.28. The van der Waals surface area contributed by atoms with Gasteiger partial charge in [0.25, 0.3) is 0 Å². The molecule has 0 radical (unpaired) electrons. The minimum atomic E-state index is -0.279. The van der Waals surface area contributed by atoms with Crippen LogP contribution in [0.4, 0.5) is 0 Å². The third-order valence-electron chi connectivity index (χ3n) is 4.28. The van der Waals surface area contributed by atoms with Crippen LogP contribution in [0.2, 0.25) is 0 Å². The normalized spacial score (nSPS) is 25.1. The van der Waals surface area contributed by atoms with E-state index in [0.29, 0.717) is 19.7 Å². The minimum Gasteiger partial charge on any atom is -0.469 e. The van der Waals surface area contributed by atoms with E-state index in [4.69, 9.17) is 4.74 Å². The summed E-state index contributed by atoms with van der Waals surface area (Å²) in [4.78, 5) is 25.7. The summed E-state index contributed by atoms with van der Waals surface area (Å²) in [6, 6.07) is 0. The quantitative estimate of drug-likeness (QED) is 0.585. The first-order valence-corrected chi connectivity index (χ1v) is 7.68. The minimum absolute atomic E-state index is 0.175. The predicted octanol–water partition coefficient (Wildman–Crippen LogP) is 1.75. The fraction of sp³-hybridized carbons (Fsp3) is 0.867. The van der Waals surface area contributed by atoms with Crippen LogP contribution < -0.4 is 0 Å². The molecule has 1 aliphatic carbocycles. The Morgan fingerprint density at radius 3 is 2.55 bits per heavy atom. The van der Waals surface area contributed by atoms with Crippen molar-refractivity contribution in [2.75, 3.05) is 26.8 Å². The first-order chi connectivity index (χ1) is 9.70. The lowest BCUT2D eigenvalue weighted by Crippen LogP contribution is -2.48. The van der Waals surface area contributed by atoms with Crippen molar-refractivity contribution in [1.82, 2.24) is 4.90 Å². The van der Waals surface area contributed by atoms with Gasteiger partial charge in [-0.05, 0) is 12.8 Å². The van der Waals surface area contributed by atoms with Crippen molar-refractivity contribution in [1.29, 1.82) is 0 Å². The van der Waals surface area contributed by atoms with Gasteiger partial charge in [0.05, 0.1) is 26.2 Å². The first-order valence-electron chi connectivity index (χ1n) is 7.68. The third kappa shape index (κ3) is 4.20. The largest absolute Gasteiger partial charge is 0.469 e. The lowest BCUT2D eigenvalue weighted by Gasteiger charge is -2.34. The van der Waals surface area contributed by atoms with E-state index in [9.17, 15) is 9.59 Å². The standard InChI is InChI=1S/C15H25NO4/c1-19-14(17)10-13-11-16(8-9-20-13)15(18)12-6-4-2-3-5-7-12/h12-13H,2-11H2,1H3.